The number of halogens is 1. The van der Waals surface area contributed by atoms with Crippen molar-refractivity contribution < 1.29 is 13.9 Å². The van der Waals surface area contributed by atoms with Gasteiger partial charge >= 0.3 is 0 Å². The number of amides is 1. The summed E-state index contributed by atoms with van der Waals surface area (Å²) in [5.74, 6) is 0.0578. The largest absolute Gasteiger partial charge is 0.491 e. The molecule has 2 N–H and O–H groups in total. The average Bonchev–Trinajstić information content (AvgIpc) is 3.23. The zero-order chi connectivity index (χ0) is 23.4. The molecule has 0 saturated heterocycles. The molecule has 0 unspecified atom stereocenters. The summed E-state index contributed by atoms with van der Waals surface area (Å²) in [6.07, 6.45) is 1.01. The zero-order valence-corrected chi connectivity index (χ0v) is 18.9. The van der Waals surface area contributed by atoms with Gasteiger partial charge in [0.05, 0.1) is 11.8 Å². The number of rotatable bonds is 6. The number of carbonyl (C=O) groups is 1. The molecule has 168 valence electrons. The number of nitrogens with zero attached hydrogens (tertiary/aromatic N) is 3. The third-order valence-corrected chi connectivity index (χ3v) is 5.16. The Labute approximate surface area is 195 Å². The molecule has 0 fully saturated rings. The van der Waals surface area contributed by atoms with Crippen LogP contribution in [0.25, 0.3) is 16.7 Å². The van der Waals surface area contributed by atoms with E-state index in [1.807, 2.05) is 13.8 Å². The number of benzene rings is 3. The van der Waals surface area contributed by atoms with Crippen LogP contribution in [0, 0.1) is 5.82 Å². The van der Waals surface area contributed by atoms with Crippen LogP contribution in [0.3, 0.4) is 0 Å². The Morgan fingerprint density at radius 3 is 2.45 bits per heavy atom. The van der Waals surface area contributed by atoms with Crippen LogP contribution in [0.15, 0.2) is 66.7 Å². The second kappa shape index (κ2) is 9.74. The Hall–Kier alpha value is -3.85. The topological polar surface area (TPSA) is 81.1 Å². The van der Waals surface area contributed by atoms with Crippen molar-refractivity contribution in [3.63, 3.8) is 0 Å². The molecule has 4 aromatic rings. The Kier molecular flexibility index (Phi) is 6.60. The highest BCUT2D eigenvalue weighted by atomic mass is 32.1. The van der Waals surface area contributed by atoms with E-state index < -0.39 is 0 Å². The number of aromatic nitrogens is 3. The molecule has 0 aliphatic rings. The molecule has 0 aliphatic carbocycles. The Morgan fingerprint density at radius 1 is 1.06 bits per heavy atom. The highest BCUT2D eigenvalue weighted by molar-refractivity contribution is 7.80. The fourth-order valence-electron chi connectivity index (χ4n) is 3.02. The smallest absolute Gasteiger partial charge is 0.257 e. The number of anilines is 1. The van der Waals surface area contributed by atoms with Crippen molar-refractivity contribution in [3.05, 3.63) is 78.1 Å². The minimum absolute atomic E-state index is 0.107. The standard InChI is InChI=1S/C24H22FN5O2S/c1-3-15(2)32-20-11-4-16(5-12-20)23(31)27-24(33)26-18-8-13-21-22(14-18)29-30(28-21)19-9-6-17(25)7-10-19/h4-15H,3H2,1-2H3,(H2,26,27,31,33)/t15-/m1/s1. The summed E-state index contributed by atoms with van der Waals surface area (Å²) < 4.78 is 18.9. The lowest BCUT2D eigenvalue weighted by Gasteiger charge is -2.13. The first-order chi connectivity index (χ1) is 15.9. The molecule has 0 aliphatic heterocycles. The van der Waals surface area contributed by atoms with Crippen molar-refractivity contribution in [2.45, 2.75) is 26.4 Å². The predicted molar refractivity (Wildman–Crippen MR) is 129 cm³/mol. The number of nitrogens with one attached hydrogen (secondary N) is 2. The van der Waals surface area contributed by atoms with Crippen LogP contribution in [0.2, 0.25) is 0 Å². The molecule has 1 amide bonds. The Bertz CT molecular complexity index is 1290. The summed E-state index contributed by atoms with van der Waals surface area (Å²) in [5.41, 5.74) is 3.05. The van der Waals surface area contributed by atoms with E-state index in [0.717, 1.165) is 6.42 Å². The zero-order valence-electron chi connectivity index (χ0n) is 18.1. The SMILES string of the molecule is CC[C@@H](C)Oc1ccc(C(=O)NC(=S)Nc2ccc3nn(-c4ccc(F)cc4)nc3c2)cc1. The van der Waals surface area contributed by atoms with Crippen LogP contribution in [0.5, 0.6) is 5.75 Å². The minimum Gasteiger partial charge on any atom is -0.491 e. The third kappa shape index (κ3) is 5.50. The van der Waals surface area contributed by atoms with Crippen molar-refractivity contribution in [2.75, 3.05) is 5.32 Å². The van der Waals surface area contributed by atoms with Crippen molar-refractivity contribution in [1.29, 1.82) is 0 Å². The fourth-order valence-corrected chi connectivity index (χ4v) is 3.23. The highest BCUT2D eigenvalue weighted by Gasteiger charge is 2.11. The summed E-state index contributed by atoms with van der Waals surface area (Å²) in [5, 5.41) is 14.6. The van der Waals surface area contributed by atoms with E-state index in [0.29, 0.717) is 33.7 Å². The van der Waals surface area contributed by atoms with E-state index >= 15 is 0 Å². The maximum atomic E-state index is 13.2. The summed E-state index contributed by atoms with van der Waals surface area (Å²) in [4.78, 5) is 13.9. The van der Waals surface area contributed by atoms with Gasteiger partial charge in [0, 0.05) is 11.3 Å². The fraction of sp³-hybridized carbons (Fsp3) is 0.167. The lowest BCUT2D eigenvalue weighted by Crippen LogP contribution is -2.34. The molecule has 9 heteroatoms. The molecule has 33 heavy (non-hydrogen) atoms. The molecular formula is C24H22FN5O2S. The molecular weight excluding hydrogens is 441 g/mol. The predicted octanol–water partition coefficient (Wildman–Crippen LogP) is 4.86. The first-order valence-corrected chi connectivity index (χ1v) is 10.8. The van der Waals surface area contributed by atoms with E-state index in [4.69, 9.17) is 17.0 Å². The van der Waals surface area contributed by atoms with Gasteiger partial charge in [-0.05, 0) is 92.3 Å². The number of hydrogen-bond acceptors (Lipinski definition) is 5. The van der Waals surface area contributed by atoms with Gasteiger partial charge < -0.3 is 10.1 Å². The lowest BCUT2D eigenvalue weighted by molar-refractivity contribution is 0.0977. The summed E-state index contributed by atoms with van der Waals surface area (Å²) in [7, 11) is 0. The first-order valence-electron chi connectivity index (χ1n) is 10.4. The number of ether oxygens (including phenoxy) is 1. The van der Waals surface area contributed by atoms with Crippen molar-refractivity contribution >= 4 is 40.0 Å². The molecule has 0 radical (unpaired) electrons. The molecule has 4 rings (SSSR count). The van der Waals surface area contributed by atoms with Crippen LogP contribution in [0.4, 0.5) is 10.1 Å². The van der Waals surface area contributed by atoms with Gasteiger partial charge in [-0.3, -0.25) is 10.1 Å². The molecule has 7 nitrogen and oxygen atoms in total. The van der Waals surface area contributed by atoms with Gasteiger partial charge in [0.2, 0.25) is 0 Å². The summed E-state index contributed by atoms with van der Waals surface area (Å²) in [6, 6.07) is 18.1. The maximum absolute atomic E-state index is 13.2. The van der Waals surface area contributed by atoms with Crippen LogP contribution in [-0.4, -0.2) is 32.1 Å². The quantitative estimate of drug-likeness (QED) is 0.398. The normalized spacial score (nSPS) is 11.7. The van der Waals surface area contributed by atoms with Crippen LogP contribution >= 0.6 is 12.2 Å². The van der Waals surface area contributed by atoms with Crippen LogP contribution < -0.4 is 15.4 Å². The first kappa shape index (κ1) is 22.3. The summed E-state index contributed by atoms with van der Waals surface area (Å²) in [6.45, 7) is 4.04. The van der Waals surface area contributed by atoms with E-state index in [-0.39, 0.29) is 22.9 Å². The van der Waals surface area contributed by atoms with Crippen molar-refractivity contribution in [3.8, 4) is 11.4 Å². The summed E-state index contributed by atoms with van der Waals surface area (Å²) >= 11 is 5.28. The van der Waals surface area contributed by atoms with Gasteiger partial charge in [0.15, 0.2) is 5.11 Å². The van der Waals surface area contributed by atoms with Gasteiger partial charge in [-0.15, -0.1) is 10.2 Å². The highest BCUT2D eigenvalue weighted by Crippen LogP contribution is 2.18. The van der Waals surface area contributed by atoms with Crippen molar-refractivity contribution in [1.82, 2.24) is 20.3 Å². The number of thiocarbonyl (C=S) groups is 1. The molecule has 1 atom stereocenters. The molecule has 0 spiro atoms. The van der Waals surface area contributed by atoms with Gasteiger partial charge in [0.1, 0.15) is 22.6 Å². The van der Waals surface area contributed by atoms with E-state index in [2.05, 4.69) is 20.8 Å². The third-order valence-electron chi connectivity index (χ3n) is 4.95. The maximum Gasteiger partial charge on any atom is 0.257 e. The minimum atomic E-state index is -0.328. The monoisotopic (exact) mass is 463 g/mol. The number of fused-ring (bicyclic) bond motifs is 1. The number of hydrogen-bond donors (Lipinski definition) is 2. The molecule has 1 aromatic heterocycles. The van der Waals surface area contributed by atoms with Gasteiger partial charge in [-0.2, -0.15) is 4.80 Å². The Morgan fingerprint density at radius 2 is 1.76 bits per heavy atom. The Balaban J connectivity index is 1.40. The van der Waals surface area contributed by atoms with E-state index in [1.165, 1.54) is 16.9 Å². The average molecular weight is 464 g/mol. The van der Waals surface area contributed by atoms with Crippen molar-refractivity contribution in [2.24, 2.45) is 0 Å². The van der Waals surface area contributed by atoms with Gasteiger partial charge in [-0.25, -0.2) is 4.39 Å². The molecule has 3 aromatic carbocycles. The van der Waals surface area contributed by atoms with Crippen LogP contribution in [0.1, 0.15) is 30.6 Å². The van der Waals surface area contributed by atoms with Crippen LogP contribution in [-0.2, 0) is 0 Å². The number of carbonyl (C=O) groups excluding carboxylic acids is 1. The van der Waals surface area contributed by atoms with E-state index in [9.17, 15) is 9.18 Å². The second-order valence-electron chi connectivity index (χ2n) is 7.44. The second-order valence-corrected chi connectivity index (χ2v) is 7.85. The molecule has 0 saturated carbocycles. The van der Waals surface area contributed by atoms with E-state index in [1.54, 1.807) is 54.6 Å². The van der Waals surface area contributed by atoms with Gasteiger partial charge in [-0.1, -0.05) is 6.92 Å². The molecule has 0 bridgehead atoms. The lowest BCUT2D eigenvalue weighted by atomic mass is 10.2. The molecule has 1 heterocycles. The van der Waals surface area contributed by atoms with Gasteiger partial charge in [0.25, 0.3) is 5.91 Å².